The number of nitrogen functional groups attached to an aromatic ring is 1. The normalized spacial score (nSPS) is 10.0. The van der Waals surface area contributed by atoms with E-state index in [0.29, 0.717) is 5.82 Å². The lowest BCUT2D eigenvalue weighted by Crippen LogP contribution is -1.97. The van der Waals surface area contributed by atoms with Crippen LogP contribution in [0.3, 0.4) is 0 Å². The van der Waals surface area contributed by atoms with Gasteiger partial charge in [0.15, 0.2) is 0 Å². The Morgan fingerprint density at radius 2 is 2.27 bits per heavy atom. The highest BCUT2D eigenvalue weighted by Crippen LogP contribution is 2.07. The summed E-state index contributed by atoms with van der Waals surface area (Å²) in [4.78, 5) is 4.07. The first-order chi connectivity index (χ1) is 5.26. The monoisotopic (exact) mass is 152 g/mol. The van der Waals surface area contributed by atoms with Gasteiger partial charge in [-0.1, -0.05) is 6.92 Å². The van der Waals surface area contributed by atoms with Crippen LogP contribution >= 0.6 is 0 Å². The molecule has 0 bridgehead atoms. The van der Waals surface area contributed by atoms with Crippen LogP contribution in [0.2, 0.25) is 0 Å². The van der Waals surface area contributed by atoms with Gasteiger partial charge in [0.1, 0.15) is 5.82 Å². The van der Waals surface area contributed by atoms with Crippen LogP contribution in [0.5, 0.6) is 0 Å². The van der Waals surface area contributed by atoms with Crippen LogP contribution in [0, 0.1) is 0 Å². The summed E-state index contributed by atoms with van der Waals surface area (Å²) in [7, 11) is 0. The van der Waals surface area contributed by atoms with Crippen LogP contribution in [0.25, 0.3) is 0 Å². The van der Waals surface area contributed by atoms with Gasteiger partial charge in [0.25, 0.3) is 0 Å². The van der Waals surface area contributed by atoms with Crippen molar-refractivity contribution >= 4 is 5.82 Å². The number of aryl methyl sites for hydroxylation is 1. The highest BCUT2D eigenvalue weighted by atomic mass is 16.3. The number of anilines is 1. The molecule has 1 aromatic rings. The standard InChI is InChI=1S/C8H12N2O/c1-2-7-3-6(5-11)4-8(9)10-7/h3-4,11H,2,5H2,1H3,(H2,9,10). The fourth-order valence-electron chi connectivity index (χ4n) is 0.948. The maximum atomic E-state index is 8.80. The molecule has 0 unspecified atom stereocenters. The van der Waals surface area contributed by atoms with E-state index in [1.165, 1.54) is 0 Å². The van der Waals surface area contributed by atoms with Gasteiger partial charge >= 0.3 is 0 Å². The van der Waals surface area contributed by atoms with Gasteiger partial charge in [0, 0.05) is 5.69 Å². The molecule has 11 heavy (non-hydrogen) atoms. The van der Waals surface area contributed by atoms with Crippen molar-refractivity contribution < 1.29 is 5.11 Å². The van der Waals surface area contributed by atoms with Crippen molar-refractivity contribution in [3.8, 4) is 0 Å². The van der Waals surface area contributed by atoms with E-state index < -0.39 is 0 Å². The number of aliphatic hydroxyl groups excluding tert-OH is 1. The second-order valence-corrected chi connectivity index (χ2v) is 2.40. The number of nitrogens with zero attached hydrogens (tertiary/aromatic N) is 1. The minimum absolute atomic E-state index is 0.0275. The molecule has 0 fully saturated rings. The summed E-state index contributed by atoms with van der Waals surface area (Å²) in [6, 6.07) is 3.54. The fraction of sp³-hybridized carbons (Fsp3) is 0.375. The maximum absolute atomic E-state index is 8.80. The lowest BCUT2D eigenvalue weighted by Gasteiger charge is -2.01. The first-order valence-corrected chi connectivity index (χ1v) is 3.62. The molecular weight excluding hydrogens is 140 g/mol. The van der Waals surface area contributed by atoms with E-state index in [0.717, 1.165) is 17.7 Å². The summed E-state index contributed by atoms with van der Waals surface area (Å²) in [5, 5.41) is 8.80. The average molecular weight is 152 g/mol. The molecule has 1 rings (SSSR count). The van der Waals surface area contributed by atoms with Crippen LogP contribution in [0.4, 0.5) is 5.82 Å². The van der Waals surface area contributed by atoms with Crippen molar-refractivity contribution in [1.82, 2.24) is 4.98 Å². The molecule has 0 aliphatic heterocycles. The minimum Gasteiger partial charge on any atom is -0.392 e. The Bertz CT molecular complexity index is 226. The van der Waals surface area contributed by atoms with Gasteiger partial charge in [0.05, 0.1) is 6.61 Å². The molecule has 1 aromatic heterocycles. The molecule has 3 N–H and O–H groups in total. The number of nitrogens with two attached hydrogens (primary N) is 1. The van der Waals surface area contributed by atoms with Crippen molar-refractivity contribution in [1.29, 1.82) is 0 Å². The molecular formula is C8H12N2O. The predicted octanol–water partition coefficient (Wildman–Crippen LogP) is 0.719. The zero-order valence-electron chi connectivity index (χ0n) is 6.54. The number of hydrogen-bond donors (Lipinski definition) is 2. The molecule has 0 radical (unpaired) electrons. The average Bonchev–Trinajstić information content (AvgIpc) is 2.03. The Kier molecular flexibility index (Phi) is 2.44. The van der Waals surface area contributed by atoms with Gasteiger partial charge in [-0.3, -0.25) is 0 Å². The molecule has 3 nitrogen and oxygen atoms in total. The minimum atomic E-state index is 0.0275. The Labute approximate surface area is 65.9 Å². The molecule has 3 heteroatoms. The lowest BCUT2D eigenvalue weighted by molar-refractivity contribution is 0.281. The number of aliphatic hydroxyl groups is 1. The van der Waals surface area contributed by atoms with Crippen molar-refractivity contribution in [2.24, 2.45) is 0 Å². The zero-order chi connectivity index (χ0) is 8.27. The summed E-state index contributed by atoms with van der Waals surface area (Å²) in [6.45, 7) is 2.03. The van der Waals surface area contributed by atoms with Gasteiger partial charge in [-0.05, 0) is 24.1 Å². The third-order valence-electron chi connectivity index (χ3n) is 1.50. The molecule has 0 aliphatic rings. The van der Waals surface area contributed by atoms with Crippen LogP contribution in [-0.4, -0.2) is 10.1 Å². The number of hydrogen-bond acceptors (Lipinski definition) is 3. The molecule has 0 spiro atoms. The molecule has 0 amide bonds. The van der Waals surface area contributed by atoms with E-state index in [2.05, 4.69) is 4.98 Å². The highest BCUT2D eigenvalue weighted by Gasteiger charge is 1.96. The first kappa shape index (κ1) is 8.01. The Morgan fingerprint density at radius 1 is 1.55 bits per heavy atom. The van der Waals surface area contributed by atoms with Crippen molar-refractivity contribution in [2.45, 2.75) is 20.0 Å². The lowest BCUT2D eigenvalue weighted by atomic mass is 10.2. The SMILES string of the molecule is CCc1cc(CO)cc(N)n1. The molecule has 0 saturated carbocycles. The number of aromatic nitrogens is 1. The summed E-state index contributed by atoms with van der Waals surface area (Å²) < 4.78 is 0. The summed E-state index contributed by atoms with van der Waals surface area (Å²) in [5.41, 5.74) is 7.24. The van der Waals surface area contributed by atoms with Crippen LogP contribution < -0.4 is 5.73 Å². The largest absolute Gasteiger partial charge is 0.392 e. The second-order valence-electron chi connectivity index (χ2n) is 2.40. The Hall–Kier alpha value is -1.09. The highest BCUT2D eigenvalue weighted by molar-refractivity contribution is 5.34. The Morgan fingerprint density at radius 3 is 2.82 bits per heavy atom. The maximum Gasteiger partial charge on any atom is 0.123 e. The molecule has 0 aliphatic carbocycles. The van der Waals surface area contributed by atoms with E-state index in [-0.39, 0.29) is 6.61 Å². The van der Waals surface area contributed by atoms with Crippen LogP contribution in [0.1, 0.15) is 18.2 Å². The van der Waals surface area contributed by atoms with Crippen molar-refractivity contribution in [3.63, 3.8) is 0 Å². The fourth-order valence-corrected chi connectivity index (χ4v) is 0.948. The zero-order valence-corrected chi connectivity index (χ0v) is 6.54. The van der Waals surface area contributed by atoms with E-state index in [4.69, 9.17) is 10.8 Å². The smallest absolute Gasteiger partial charge is 0.123 e. The third kappa shape index (κ3) is 1.91. The number of rotatable bonds is 2. The van der Waals surface area contributed by atoms with E-state index in [1.54, 1.807) is 6.07 Å². The Balaban J connectivity index is 3.02. The topological polar surface area (TPSA) is 59.1 Å². The molecule has 0 saturated heterocycles. The van der Waals surface area contributed by atoms with Gasteiger partial charge in [-0.15, -0.1) is 0 Å². The molecule has 60 valence electrons. The predicted molar refractivity (Wildman–Crippen MR) is 44.0 cm³/mol. The van der Waals surface area contributed by atoms with Crippen LogP contribution in [-0.2, 0) is 13.0 Å². The second kappa shape index (κ2) is 3.34. The quantitative estimate of drug-likeness (QED) is 0.656. The van der Waals surface area contributed by atoms with Crippen molar-refractivity contribution in [2.75, 3.05) is 5.73 Å². The summed E-state index contributed by atoms with van der Waals surface area (Å²) in [5.74, 6) is 0.480. The van der Waals surface area contributed by atoms with E-state index in [1.807, 2.05) is 13.0 Å². The van der Waals surface area contributed by atoms with Gasteiger partial charge < -0.3 is 10.8 Å². The molecule has 1 heterocycles. The first-order valence-electron chi connectivity index (χ1n) is 3.62. The molecule has 0 atom stereocenters. The van der Waals surface area contributed by atoms with E-state index >= 15 is 0 Å². The third-order valence-corrected chi connectivity index (χ3v) is 1.50. The van der Waals surface area contributed by atoms with Crippen molar-refractivity contribution in [3.05, 3.63) is 23.4 Å². The molecule has 0 aromatic carbocycles. The van der Waals surface area contributed by atoms with Gasteiger partial charge in [0.2, 0.25) is 0 Å². The number of pyridine rings is 1. The van der Waals surface area contributed by atoms with Gasteiger partial charge in [-0.25, -0.2) is 4.98 Å². The van der Waals surface area contributed by atoms with Crippen LogP contribution in [0.15, 0.2) is 12.1 Å². The summed E-state index contributed by atoms with van der Waals surface area (Å²) in [6.07, 6.45) is 0.845. The summed E-state index contributed by atoms with van der Waals surface area (Å²) >= 11 is 0. The van der Waals surface area contributed by atoms with E-state index in [9.17, 15) is 0 Å². The van der Waals surface area contributed by atoms with Gasteiger partial charge in [-0.2, -0.15) is 0 Å².